The van der Waals surface area contributed by atoms with Crippen LogP contribution < -0.4 is 14.5 Å². The summed E-state index contributed by atoms with van der Waals surface area (Å²) in [6, 6.07) is 65.1. The first kappa shape index (κ1) is 55.5. The molecule has 8 aromatic carbocycles. The summed E-state index contributed by atoms with van der Waals surface area (Å²) < 4.78 is 16.0. The summed E-state index contributed by atoms with van der Waals surface area (Å²) in [5.41, 5.74) is 18.1. The van der Waals surface area contributed by atoms with Crippen LogP contribution in [0.1, 0.15) is 132 Å². The molecule has 1 aliphatic heterocycles. The summed E-state index contributed by atoms with van der Waals surface area (Å²) in [5, 5.41) is 4.17. The minimum atomic E-state index is -0.232. The zero-order valence-corrected chi connectivity index (χ0v) is 51.9. The number of pyridine rings is 1. The minimum Gasteiger partial charge on any atom is -0.509 e. The van der Waals surface area contributed by atoms with E-state index in [1.54, 1.807) is 0 Å². The van der Waals surface area contributed by atoms with E-state index in [9.17, 15) is 0 Å². The van der Waals surface area contributed by atoms with Crippen LogP contribution in [0.5, 0.6) is 11.5 Å². The van der Waals surface area contributed by atoms with E-state index < -0.39 is 0 Å². The number of para-hydroxylation sites is 3. The second-order valence-corrected chi connectivity index (χ2v) is 27.1. The zero-order chi connectivity index (χ0) is 56.4. The number of rotatable bonds is 7. The third-order valence-corrected chi connectivity index (χ3v) is 16.1. The van der Waals surface area contributed by atoms with Gasteiger partial charge in [-0.2, -0.15) is 6.07 Å². The monoisotopic (exact) mass is 1240 g/mol. The van der Waals surface area contributed by atoms with Crippen molar-refractivity contribution in [1.82, 2.24) is 9.55 Å². The fraction of sp³-hybridized carbons (Fsp3) is 0.270. The minimum absolute atomic E-state index is 0. The summed E-state index contributed by atoms with van der Waals surface area (Å²) in [5.74, 6) is 1.97. The number of benzene rings is 8. The molecule has 7 heteroatoms. The Morgan fingerprint density at radius 1 is 0.469 bits per heavy atom. The topological polar surface area (TPSA) is 46.7 Å². The Balaban J connectivity index is 0.00000690. The molecule has 0 unspecified atom stereocenters. The number of fused-ring (bicyclic) bond motifs is 8. The SMILES string of the molecule is CC(C)(C)c1ccc(-c2cc(C(C)(C)C)cc(-c3ccc(C(C)(C)C)cc3)c2N2[CH-]N(c3[c-]c(Oc4[c-]c5c(cc4)c4c6oc7ccccc7c6ccc4n5-c4cc(C(C)(C)C)ccn4)cc(C(C)(C)C)c3)c3ccccc32)cc1.[Pt]. The molecule has 11 aromatic rings. The van der Waals surface area contributed by atoms with Crippen LogP contribution in [-0.4, -0.2) is 9.55 Å². The predicted molar refractivity (Wildman–Crippen MR) is 336 cm³/mol. The third-order valence-electron chi connectivity index (χ3n) is 16.1. The molecule has 414 valence electrons. The standard InChI is InChI=1S/C74H73N4O2.Pt/c1-70(2,3)48-28-24-46(25-29-48)59-40-52(74(13,14)15)41-60(47-26-30-49(31-27-47)71(4,5)6)68(59)77-45-76(61-21-17-18-22-62(61)77)53-38-51(73(10,11)12)39-55(43-53)79-54-32-33-58-64(44-54)78(66-42-50(36-37-75-66)72(7,8)9)63-35-34-57-56-20-16-19-23-65(56)80-69(57)67(58)63;/h16-42,45H,1-15H3;/q-3;. The first-order chi connectivity index (χ1) is 37.8. The summed E-state index contributed by atoms with van der Waals surface area (Å²) in [6.07, 6.45) is 1.91. The summed E-state index contributed by atoms with van der Waals surface area (Å²) in [6.45, 7) is 36.3. The number of hydrogen-bond acceptors (Lipinski definition) is 5. The van der Waals surface area contributed by atoms with Crippen LogP contribution in [0.25, 0.3) is 71.8 Å². The fourth-order valence-corrected chi connectivity index (χ4v) is 11.3. The molecule has 81 heavy (non-hydrogen) atoms. The van der Waals surface area contributed by atoms with Crippen LogP contribution in [0.4, 0.5) is 22.7 Å². The summed E-state index contributed by atoms with van der Waals surface area (Å²) in [7, 11) is 0. The van der Waals surface area contributed by atoms with Gasteiger partial charge in [-0.1, -0.05) is 194 Å². The van der Waals surface area contributed by atoms with Crippen molar-refractivity contribution in [3.63, 3.8) is 0 Å². The molecule has 0 radical (unpaired) electrons. The van der Waals surface area contributed by atoms with Gasteiger partial charge in [0.05, 0.1) is 0 Å². The Hall–Kier alpha value is -7.40. The Labute approximate surface area is 494 Å². The van der Waals surface area contributed by atoms with Gasteiger partial charge in [0.2, 0.25) is 0 Å². The average molecular weight is 1250 g/mol. The Morgan fingerprint density at radius 3 is 1.60 bits per heavy atom. The van der Waals surface area contributed by atoms with Crippen LogP contribution in [0.15, 0.2) is 168 Å². The van der Waals surface area contributed by atoms with E-state index in [4.69, 9.17) is 14.1 Å². The van der Waals surface area contributed by atoms with Crippen molar-refractivity contribution in [3.05, 3.63) is 211 Å². The molecule has 0 atom stereocenters. The van der Waals surface area contributed by atoms with Gasteiger partial charge in [0, 0.05) is 83.2 Å². The maximum absolute atomic E-state index is 7.07. The van der Waals surface area contributed by atoms with Crippen molar-refractivity contribution >= 4 is 66.5 Å². The number of hydrogen-bond donors (Lipinski definition) is 0. The van der Waals surface area contributed by atoms with E-state index in [-0.39, 0.29) is 48.1 Å². The fourth-order valence-electron chi connectivity index (χ4n) is 11.3. The average Bonchev–Trinajstić information content (AvgIpc) is 4.21. The Morgan fingerprint density at radius 2 is 1.01 bits per heavy atom. The molecule has 0 saturated carbocycles. The van der Waals surface area contributed by atoms with Gasteiger partial charge in [0.15, 0.2) is 0 Å². The molecule has 0 amide bonds. The molecule has 4 heterocycles. The number of aromatic nitrogens is 2. The quantitative estimate of drug-likeness (QED) is 0.149. The summed E-state index contributed by atoms with van der Waals surface area (Å²) >= 11 is 0. The molecule has 0 fully saturated rings. The van der Waals surface area contributed by atoms with Crippen molar-refractivity contribution in [3.8, 4) is 39.6 Å². The molecule has 12 rings (SSSR count). The molecule has 0 spiro atoms. The Bertz CT molecular complexity index is 4120. The molecule has 1 aliphatic rings. The normalized spacial score (nSPS) is 13.4. The third kappa shape index (κ3) is 10.2. The second kappa shape index (κ2) is 19.9. The van der Waals surface area contributed by atoms with Crippen LogP contribution >= 0.6 is 0 Å². The van der Waals surface area contributed by atoms with Crippen molar-refractivity contribution in [2.45, 2.75) is 131 Å². The van der Waals surface area contributed by atoms with Crippen molar-refractivity contribution in [2.75, 3.05) is 9.80 Å². The molecule has 0 aliphatic carbocycles. The van der Waals surface area contributed by atoms with Gasteiger partial charge >= 0.3 is 0 Å². The van der Waals surface area contributed by atoms with E-state index in [2.05, 4.69) is 277 Å². The van der Waals surface area contributed by atoms with Crippen molar-refractivity contribution in [1.29, 1.82) is 0 Å². The van der Waals surface area contributed by atoms with Gasteiger partial charge in [0.25, 0.3) is 0 Å². The molecular weight excluding hydrogens is 1170 g/mol. The van der Waals surface area contributed by atoms with E-state index >= 15 is 0 Å². The maximum atomic E-state index is 7.07. The number of furan rings is 1. The van der Waals surface area contributed by atoms with Gasteiger partial charge in [-0.25, -0.2) is 4.98 Å². The van der Waals surface area contributed by atoms with Crippen LogP contribution in [0.2, 0.25) is 0 Å². The number of ether oxygens (including phenoxy) is 1. The molecule has 0 N–H and O–H groups in total. The van der Waals surface area contributed by atoms with Gasteiger partial charge < -0.3 is 23.5 Å². The van der Waals surface area contributed by atoms with Gasteiger partial charge in [-0.3, -0.25) is 0 Å². The molecule has 6 nitrogen and oxygen atoms in total. The zero-order valence-electron chi connectivity index (χ0n) is 49.6. The molecule has 3 aromatic heterocycles. The van der Waals surface area contributed by atoms with E-state index in [0.29, 0.717) is 11.5 Å². The van der Waals surface area contributed by atoms with Crippen LogP contribution in [0.3, 0.4) is 0 Å². The molecular formula is C74H73N4O2Pt-3. The first-order valence-corrected chi connectivity index (χ1v) is 28.3. The maximum Gasteiger partial charge on any atom is 0.135 e. The van der Waals surface area contributed by atoms with Crippen molar-refractivity contribution in [2.24, 2.45) is 0 Å². The van der Waals surface area contributed by atoms with Crippen LogP contribution in [0, 0.1) is 18.8 Å². The summed E-state index contributed by atoms with van der Waals surface area (Å²) in [4.78, 5) is 9.70. The van der Waals surface area contributed by atoms with Gasteiger partial charge in [-0.05, 0) is 120 Å². The van der Waals surface area contributed by atoms with Crippen LogP contribution in [-0.2, 0) is 48.1 Å². The second-order valence-electron chi connectivity index (χ2n) is 27.1. The van der Waals surface area contributed by atoms with E-state index in [0.717, 1.165) is 77.9 Å². The van der Waals surface area contributed by atoms with Gasteiger partial charge in [0.1, 0.15) is 17.0 Å². The smallest absolute Gasteiger partial charge is 0.135 e. The predicted octanol–water partition coefficient (Wildman–Crippen LogP) is 20.7. The van der Waals surface area contributed by atoms with E-state index in [1.807, 2.05) is 24.4 Å². The number of anilines is 4. The van der Waals surface area contributed by atoms with Gasteiger partial charge in [-0.15, -0.1) is 48.3 Å². The van der Waals surface area contributed by atoms with E-state index in [1.165, 1.54) is 44.5 Å². The molecule has 0 bridgehead atoms. The Kier molecular flexibility index (Phi) is 13.7. The largest absolute Gasteiger partial charge is 0.509 e. The van der Waals surface area contributed by atoms with Crippen molar-refractivity contribution < 1.29 is 30.2 Å². The first-order valence-electron chi connectivity index (χ1n) is 28.3. The molecule has 0 saturated heterocycles. The number of nitrogens with zero attached hydrogens (tertiary/aromatic N) is 4.